The maximum Gasteiger partial charge on any atom is 0.272 e. The molecule has 1 rings (SSSR count). The minimum Gasteiger partial charge on any atom is -0.329 e. The van der Waals surface area contributed by atoms with Crippen molar-refractivity contribution in [3.63, 3.8) is 0 Å². The van der Waals surface area contributed by atoms with Crippen molar-refractivity contribution in [1.29, 1.82) is 0 Å². The quantitative estimate of drug-likeness (QED) is 0.605. The zero-order valence-corrected chi connectivity index (χ0v) is 9.16. The van der Waals surface area contributed by atoms with Gasteiger partial charge in [-0.05, 0) is 12.5 Å². The van der Waals surface area contributed by atoms with E-state index in [9.17, 15) is 10.1 Å². The monoisotopic (exact) mass is 231 g/mol. The molecular weight excluding hydrogens is 218 g/mol. The number of hydrogen-bond acceptors (Lipinski definition) is 4. The highest BCUT2D eigenvalue weighted by molar-refractivity contribution is 5.85. The Balaban J connectivity index is 0.00000196. The third-order valence-corrected chi connectivity index (χ3v) is 2.11. The van der Waals surface area contributed by atoms with Crippen LogP contribution >= 0.6 is 12.4 Å². The standard InChI is InChI=1S/C9H13N3O2.ClH/c1-6-2-3-7(8(11)5-10)4-9(6)12(13)14;/h2-4,8H,5,10-11H2,1H3;1H/t8-;/m1./s1. The topological polar surface area (TPSA) is 95.2 Å². The highest BCUT2D eigenvalue weighted by Gasteiger charge is 2.13. The van der Waals surface area contributed by atoms with Gasteiger partial charge in [0, 0.05) is 24.2 Å². The molecule has 1 aromatic carbocycles. The third-order valence-electron chi connectivity index (χ3n) is 2.11. The van der Waals surface area contributed by atoms with Crippen LogP contribution in [0.15, 0.2) is 18.2 Å². The Hall–Kier alpha value is -1.17. The van der Waals surface area contributed by atoms with E-state index in [1.807, 2.05) is 0 Å². The molecule has 1 atom stereocenters. The summed E-state index contributed by atoms with van der Waals surface area (Å²) < 4.78 is 0. The number of benzene rings is 1. The van der Waals surface area contributed by atoms with Gasteiger partial charge in [0.2, 0.25) is 0 Å². The molecule has 0 heterocycles. The molecule has 5 nitrogen and oxygen atoms in total. The summed E-state index contributed by atoms with van der Waals surface area (Å²) in [6.45, 7) is 1.97. The summed E-state index contributed by atoms with van der Waals surface area (Å²) in [7, 11) is 0. The van der Waals surface area contributed by atoms with Crippen molar-refractivity contribution < 1.29 is 4.92 Å². The molecule has 1 aromatic rings. The molecule has 15 heavy (non-hydrogen) atoms. The summed E-state index contributed by atoms with van der Waals surface area (Å²) in [4.78, 5) is 10.2. The largest absolute Gasteiger partial charge is 0.329 e. The van der Waals surface area contributed by atoms with Crippen LogP contribution in [-0.2, 0) is 0 Å². The number of nitro groups is 1. The van der Waals surface area contributed by atoms with Crippen LogP contribution in [0.2, 0.25) is 0 Å². The molecule has 0 aliphatic carbocycles. The predicted molar refractivity (Wildman–Crippen MR) is 61.1 cm³/mol. The number of nitro benzene ring substituents is 1. The van der Waals surface area contributed by atoms with Gasteiger partial charge in [-0.15, -0.1) is 12.4 Å². The third kappa shape index (κ3) is 3.16. The van der Waals surface area contributed by atoms with Crippen molar-refractivity contribution in [3.05, 3.63) is 39.4 Å². The molecule has 0 amide bonds. The van der Waals surface area contributed by atoms with E-state index in [0.29, 0.717) is 11.1 Å². The van der Waals surface area contributed by atoms with Gasteiger partial charge in [0.1, 0.15) is 0 Å². The van der Waals surface area contributed by atoms with Crippen LogP contribution in [0.4, 0.5) is 5.69 Å². The number of nitrogens with zero attached hydrogens (tertiary/aromatic N) is 1. The normalized spacial score (nSPS) is 11.7. The van der Waals surface area contributed by atoms with E-state index >= 15 is 0 Å². The maximum atomic E-state index is 10.6. The Morgan fingerprint density at radius 2 is 2.13 bits per heavy atom. The zero-order valence-electron chi connectivity index (χ0n) is 8.34. The van der Waals surface area contributed by atoms with E-state index in [2.05, 4.69) is 0 Å². The number of halogens is 1. The lowest BCUT2D eigenvalue weighted by Gasteiger charge is -2.09. The van der Waals surface area contributed by atoms with Crippen molar-refractivity contribution in [1.82, 2.24) is 0 Å². The minimum atomic E-state index is -0.415. The molecule has 0 aromatic heterocycles. The lowest BCUT2D eigenvalue weighted by molar-refractivity contribution is -0.385. The van der Waals surface area contributed by atoms with E-state index in [1.54, 1.807) is 19.1 Å². The first-order chi connectivity index (χ1) is 6.56. The molecular formula is C9H14ClN3O2. The fourth-order valence-corrected chi connectivity index (χ4v) is 1.19. The number of hydrogen-bond donors (Lipinski definition) is 2. The van der Waals surface area contributed by atoms with E-state index in [1.165, 1.54) is 6.07 Å². The number of rotatable bonds is 3. The molecule has 0 fully saturated rings. The molecule has 0 aliphatic heterocycles. The first kappa shape index (κ1) is 13.8. The molecule has 0 aliphatic rings. The van der Waals surface area contributed by atoms with Crippen LogP contribution in [-0.4, -0.2) is 11.5 Å². The molecule has 0 spiro atoms. The summed E-state index contributed by atoms with van der Waals surface area (Å²) in [5, 5.41) is 10.6. The predicted octanol–water partition coefficient (Wildman–Crippen LogP) is 1.28. The van der Waals surface area contributed by atoms with E-state index in [0.717, 1.165) is 0 Å². The van der Waals surface area contributed by atoms with Gasteiger partial charge in [0.25, 0.3) is 5.69 Å². The van der Waals surface area contributed by atoms with Crippen LogP contribution in [0.5, 0.6) is 0 Å². The highest BCUT2D eigenvalue weighted by Crippen LogP contribution is 2.21. The van der Waals surface area contributed by atoms with Crippen molar-refractivity contribution in [3.8, 4) is 0 Å². The van der Waals surface area contributed by atoms with Gasteiger partial charge in [-0.3, -0.25) is 10.1 Å². The summed E-state index contributed by atoms with van der Waals surface area (Å²) in [6, 6.07) is 4.59. The molecule has 84 valence electrons. The Kier molecular flexibility index (Phi) is 5.21. The Morgan fingerprint density at radius 3 is 2.60 bits per heavy atom. The first-order valence-corrected chi connectivity index (χ1v) is 4.27. The first-order valence-electron chi connectivity index (χ1n) is 4.27. The molecule has 6 heteroatoms. The van der Waals surface area contributed by atoms with Gasteiger partial charge in [0.05, 0.1) is 4.92 Å². The molecule has 0 unspecified atom stereocenters. The lowest BCUT2D eigenvalue weighted by Crippen LogP contribution is -2.20. The van der Waals surface area contributed by atoms with Crippen LogP contribution in [0, 0.1) is 17.0 Å². The molecule has 0 bridgehead atoms. The van der Waals surface area contributed by atoms with Gasteiger partial charge in [0.15, 0.2) is 0 Å². The summed E-state index contributed by atoms with van der Waals surface area (Å²) in [6.07, 6.45) is 0. The lowest BCUT2D eigenvalue weighted by atomic mass is 10.0. The Bertz CT molecular complexity index is 357. The average Bonchev–Trinajstić information content (AvgIpc) is 2.17. The second-order valence-corrected chi connectivity index (χ2v) is 3.15. The van der Waals surface area contributed by atoms with Crippen molar-refractivity contribution >= 4 is 18.1 Å². The van der Waals surface area contributed by atoms with Gasteiger partial charge < -0.3 is 11.5 Å². The Morgan fingerprint density at radius 1 is 1.53 bits per heavy atom. The van der Waals surface area contributed by atoms with E-state index in [-0.39, 0.29) is 30.7 Å². The zero-order chi connectivity index (χ0) is 10.7. The fourth-order valence-electron chi connectivity index (χ4n) is 1.19. The van der Waals surface area contributed by atoms with E-state index < -0.39 is 4.92 Å². The van der Waals surface area contributed by atoms with Crippen LogP contribution in [0.3, 0.4) is 0 Å². The smallest absolute Gasteiger partial charge is 0.272 e. The summed E-state index contributed by atoms with van der Waals surface area (Å²) >= 11 is 0. The van der Waals surface area contributed by atoms with Crippen LogP contribution in [0.1, 0.15) is 17.2 Å². The van der Waals surface area contributed by atoms with Crippen LogP contribution in [0.25, 0.3) is 0 Å². The van der Waals surface area contributed by atoms with Gasteiger partial charge in [-0.2, -0.15) is 0 Å². The van der Waals surface area contributed by atoms with Crippen molar-refractivity contribution in [2.24, 2.45) is 11.5 Å². The van der Waals surface area contributed by atoms with E-state index in [4.69, 9.17) is 11.5 Å². The van der Waals surface area contributed by atoms with Gasteiger partial charge in [-0.1, -0.05) is 12.1 Å². The second-order valence-electron chi connectivity index (χ2n) is 3.15. The minimum absolute atomic E-state index is 0. The number of aryl methyl sites for hydroxylation is 1. The highest BCUT2D eigenvalue weighted by atomic mass is 35.5. The SMILES string of the molecule is Cc1ccc([C@H](N)CN)cc1[N+](=O)[O-].Cl. The average molecular weight is 232 g/mol. The number of nitrogens with two attached hydrogens (primary N) is 2. The fraction of sp³-hybridized carbons (Fsp3) is 0.333. The van der Waals surface area contributed by atoms with Gasteiger partial charge in [-0.25, -0.2) is 0 Å². The molecule has 0 saturated heterocycles. The van der Waals surface area contributed by atoms with Gasteiger partial charge >= 0.3 is 0 Å². The summed E-state index contributed by atoms with van der Waals surface area (Å²) in [5.41, 5.74) is 12.5. The van der Waals surface area contributed by atoms with Crippen molar-refractivity contribution in [2.75, 3.05) is 6.54 Å². The Labute approximate surface area is 94.0 Å². The summed E-state index contributed by atoms with van der Waals surface area (Å²) in [5.74, 6) is 0. The maximum absolute atomic E-state index is 10.6. The van der Waals surface area contributed by atoms with Crippen molar-refractivity contribution in [2.45, 2.75) is 13.0 Å². The second kappa shape index (κ2) is 5.65. The van der Waals surface area contributed by atoms with Crippen LogP contribution < -0.4 is 11.5 Å². The molecule has 0 saturated carbocycles. The molecule has 0 radical (unpaired) electrons. The molecule has 4 N–H and O–H groups in total.